The lowest BCUT2D eigenvalue weighted by Crippen LogP contribution is -2.37. The average Bonchev–Trinajstić information content (AvgIpc) is 2.51. The summed E-state index contributed by atoms with van der Waals surface area (Å²) in [6, 6.07) is 21.5. The molecule has 1 nitrogen and oxygen atoms in total. The minimum Gasteiger partial charge on any atom is -0.303 e. The number of aldehydes is 1. The number of unbranched alkanes of at least 4 members (excludes halogenated alkanes) is 1. The summed E-state index contributed by atoms with van der Waals surface area (Å²) in [4.78, 5) is 10.4. The number of allylic oxidation sites excluding steroid dienone is 2. The normalized spacial score (nSPS) is 16.1. The van der Waals surface area contributed by atoms with E-state index >= 15 is 0 Å². The SMILES string of the molecule is O=CCCC=C1CC(c2ccccc2)(c2ccccc2)C1. The van der Waals surface area contributed by atoms with Crippen molar-refractivity contribution in [2.45, 2.75) is 31.1 Å². The molecule has 0 atom stereocenters. The van der Waals surface area contributed by atoms with Crippen LogP contribution in [0.4, 0.5) is 0 Å². The summed E-state index contributed by atoms with van der Waals surface area (Å²) in [7, 11) is 0. The summed E-state index contributed by atoms with van der Waals surface area (Å²) in [6.45, 7) is 0. The van der Waals surface area contributed by atoms with Gasteiger partial charge in [0.2, 0.25) is 0 Å². The van der Waals surface area contributed by atoms with Crippen LogP contribution in [-0.4, -0.2) is 6.29 Å². The third-order valence-electron chi connectivity index (χ3n) is 4.43. The molecule has 1 aliphatic carbocycles. The molecule has 2 aromatic rings. The van der Waals surface area contributed by atoms with E-state index in [1.165, 1.54) is 16.7 Å². The lowest BCUT2D eigenvalue weighted by Gasteiger charge is -2.45. The Balaban J connectivity index is 1.89. The van der Waals surface area contributed by atoms with Crippen LogP contribution in [0.25, 0.3) is 0 Å². The minimum absolute atomic E-state index is 0.121. The van der Waals surface area contributed by atoms with Gasteiger partial charge in [0.25, 0.3) is 0 Å². The summed E-state index contributed by atoms with van der Waals surface area (Å²) in [5.74, 6) is 0. The van der Waals surface area contributed by atoms with E-state index in [0.29, 0.717) is 6.42 Å². The molecule has 0 aliphatic heterocycles. The molecular formula is C20H20O. The largest absolute Gasteiger partial charge is 0.303 e. The van der Waals surface area contributed by atoms with Crippen molar-refractivity contribution < 1.29 is 4.79 Å². The van der Waals surface area contributed by atoms with Crippen molar-refractivity contribution in [1.82, 2.24) is 0 Å². The predicted octanol–water partition coefficient (Wildman–Crippen LogP) is 4.67. The Morgan fingerprint density at radius 3 is 1.81 bits per heavy atom. The van der Waals surface area contributed by atoms with Gasteiger partial charge in [-0.25, -0.2) is 0 Å². The van der Waals surface area contributed by atoms with E-state index in [4.69, 9.17) is 0 Å². The lowest BCUT2D eigenvalue weighted by molar-refractivity contribution is -0.107. The standard InChI is InChI=1S/C20H20O/c21-14-8-7-9-17-15-20(16-17,18-10-3-1-4-11-18)19-12-5-2-6-13-19/h1-6,9-14H,7-8,15-16H2. The number of carbonyl (C=O) groups is 1. The molecule has 1 fully saturated rings. The molecule has 0 N–H and O–H groups in total. The monoisotopic (exact) mass is 276 g/mol. The maximum atomic E-state index is 10.4. The fourth-order valence-electron chi connectivity index (χ4n) is 3.31. The van der Waals surface area contributed by atoms with Crippen LogP contribution < -0.4 is 0 Å². The Labute approximate surface area is 126 Å². The summed E-state index contributed by atoms with van der Waals surface area (Å²) >= 11 is 0. The molecule has 0 heterocycles. The molecule has 2 aromatic carbocycles. The van der Waals surface area contributed by atoms with E-state index in [1.54, 1.807) is 0 Å². The topological polar surface area (TPSA) is 17.1 Å². The van der Waals surface area contributed by atoms with Crippen molar-refractivity contribution in [1.29, 1.82) is 0 Å². The molecule has 0 radical (unpaired) electrons. The Morgan fingerprint density at radius 2 is 1.33 bits per heavy atom. The van der Waals surface area contributed by atoms with Crippen LogP contribution in [0, 0.1) is 0 Å². The second-order valence-electron chi connectivity index (χ2n) is 5.77. The van der Waals surface area contributed by atoms with E-state index in [9.17, 15) is 4.79 Å². The van der Waals surface area contributed by atoms with Crippen LogP contribution in [-0.2, 0) is 10.2 Å². The first-order chi connectivity index (χ1) is 10.3. The highest BCUT2D eigenvalue weighted by molar-refractivity contribution is 5.50. The van der Waals surface area contributed by atoms with Crippen molar-refractivity contribution in [2.75, 3.05) is 0 Å². The minimum atomic E-state index is 0.121. The number of carbonyl (C=O) groups excluding carboxylic acids is 1. The van der Waals surface area contributed by atoms with Crippen molar-refractivity contribution >= 4 is 6.29 Å². The maximum absolute atomic E-state index is 10.4. The molecule has 3 rings (SSSR count). The van der Waals surface area contributed by atoms with Crippen LogP contribution in [0.5, 0.6) is 0 Å². The quantitative estimate of drug-likeness (QED) is 0.440. The Bertz CT molecular complexity index is 576. The van der Waals surface area contributed by atoms with Gasteiger partial charge >= 0.3 is 0 Å². The van der Waals surface area contributed by atoms with E-state index < -0.39 is 0 Å². The zero-order valence-electron chi connectivity index (χ0n) is 12.2. The molecule has 1 heteroatoms. The fraction of sp³-hybridized carbons (Fsp3) is 0.250. The van der Waals surface area contributed by atoms with Gasteiger partial charge in [0.15, 0.2) is 0 Å². The Hall–Kier alpha value is -2.15. The molecule has 106 valence electrons. The molecule has 21 heavy (non-hydrogen) atoms. The van der Waals surface area contributed by atoms with Crippen molar-refractivity contribution in [3.63, 3.8) is 0 Å². The smallest absolute Gasteiger partial charge is 0.120 e. The van der Waals surface area contributed by atoms with Crippen molar-refractivity contribution in [2.24, 2.45) is 0 Å². The van der Waals surface area contributed by atoms with Gasteiger partial charge in [-0.2, -0.15) is 0 Å². The Morgan fingerprint density at radius 1 is 0.810 bits per heavy atom. The van der Waals surface area contributed by atoms with Gasteiger partial charge in [-0.05, 0) is 30.4 Å². The highest BCUT2D eigenvalue weighted by atomic mass is 16.1. The fourth-order valence-corrected chi connectivity index (χ4v) is 3.31. The zero-order valence-corrected chi connectivity index (χ0v) is 12.2. The maximum Gasteiger partial charge on any atom is 0.120 e. The number of hydrogen-bond acceptors (Lipinski definition) is 1. The van der Waals surface area contributed by atoms with E-state index in [1.807, 2.05) is 0 Å². The van der Waals surface area contributed by atoms with E-state index in [-0.39, 0.29) is 5.41 Å². The first kappa shape index (κ1) is 13.8. The van der Waals surface area contributed by atoms with Crippen LogP contribution in [0.15, 0.2) is 72.3 Å². The van der Waals surface area contributed by atoms with Crippen LogP contribution in [0.1, 0.15) is 36.8 Å². The van der Waals surface area contributed by atoms with Gasteiger partial charge < -0.3 is 4.79 Å². The molecular weight excluding hydrogens is 256 g/mol. The number of benzene rings is 2. The van der Waals surface area contributed by atoms with Crippen LogP contribution in [0.2, 0.25) is 0 Å². The second-order valence-corrected chi connectivity index (χ2v) is 5.77. The molecule has 0 saturated heterocycles. The van der Waals surface area contributed by atoms with Gasteiger partial charge in [-0.3, -0.25) is 0 Å². The molecule has 0 spiro atoms. The molecule has 1 aliphatic rings. The van der Waals surface area contributed by atoms with Gasteiger partial charge in [0.05, 0.1) is 0 Å². The lowest BCUT2D eigenvalue weighted by atomic mass is 9.58. The molecule has 0 unspecified atom stereocenters. The van der Waals surface area contributed by atoms with Gasteiger partial charge in [0, 0.05) is 11.8 Å². The predicted molar refractivity (Wildman–Crippen MR) is 86.3 cm³/mol. The highest BCUT2D eigenvalue weighted by Crippen LogP contribution is 2.52. The third-order valence-corrected chi connectivity index (χ3v) is 4.43. The molecule has 1 saturated carbocycles. The van der Waals surface area contributed by atoms with Crippen LogP contribution >= 0.6 is 0 Å². The second kappa shape index (κ2) is 6.09. The molecule has 0 amide bonds. The van der Waals surface area contributed by atoms with Crippen molar-refractivity contribution in [3.05, 3.63) is 83.4 Å². The number of rotatable bonds is 5. The van der Waals surface area contributed by atoms with Crippen LogP contribution in [0.3, 0.4) is 0 Å². The summed E-state index contributed by atoms with van der Waals surface area (Å²) in [5.41, 5.74) is 4.38. The summed E-state index contributed by atoms with van der Waals surface area (Å²) < 4.78 is 0. The summed E-state index contributed by atoms with van der Waals surface area (Å²) in [6.07, 6.45) is 6.89. The molecule has 0 bridgehead atoms. The highest BCUT2D eigenvalue weighted by Gasteiger charge is 2.43. The van der Waals surface area contributed by atoms with E-state index in [0.717, 1.165) is 25.5 Å². The average molecular weight is 276 g/mol. The Kier molecular flexibility index (Phi) is 4.01. The number of hydrogen-bond donors (Lipinski definition) is 0. The van der Waals surface area contributed by atoms with E-state index in [2.05, 4.69) is 66.7 Å². The first-order valence-corrected chi connectivity index (χ1v) is 7.58. The van der Waals surface area contributed by atoms with Crippen molar-refractivity contribution in [3.8, 4) is 0 Å². The van der Waals surface area contributed by atoms with Gasteiger partial charge in [0.1, 0.15) is 6.29 Å². The van der Waals surface area contributed by atoms with Gasteiger partial charge in [-0.15, -0.1) is 0 Å². The molecule has 0 aromatic heterocycles. The first-order valence-electron chi connectivity index (χ1n) is 7.58. The zero-order chi connectivity index (χ0) is 14.5. The van der Waals surface area contributed by atoms with Gasteiger partial charge in [-0.1, -0.05) is 72.3 Å². The third kappa shape index (κ3) is 2.69. The summed E-state index contributed by atoms with van der Waals surface area (Å²) in [5, 5.41) is 0.